The lowest BCUT2D eigenvalue weighted by molar-refractivity contribution is -0.385. The van der Waals surface area contributed by atoms with E-state index < -0.39 is 8.72 Å². The maximum absolute atomic E-state index is 10.9. The van der Waals surface area contributed by atoms with Crippen LogP contribution >= 0.6 is 46.8 Å². The first-order valence-electron chi connectivity index (χ1n) is 5.80. The molecule has 0 radical (unpaired) electrons. The number of hydrogen-bond acceptors (Lipinski definition) is 4. The average Bonchev–Trinajstić information content (AvgIpc) is 2.38. The van der Waals surface area contributed by atoms with Gasteiger partial charge in [-0.25, -0.2) is 4.31 Å². The van der Waals surface area contributed by atoms with E-state index >= 15 is 0 Å². The number of alkyl halides is 3. The number of nitro groups is 1. The molecule has 0 aliphatic rings. The van der Waals surface area contributed by atoms with Gasteiger partial charge in [0.05, 0.1) is 4.92 Å². The normalized spacial score (nSPS) is 11.4. The van der Waals surface area contributed by atoms with Crippen molar-refractivity contribution in [3.8, 4) is 0 Å². The van der Waals surface area contributed by atoms with Crippen molar-refractivity contribution < 1.29 is 4.92 Å². The molecule has 0 atom stereocenters. The van der Waals surface area contributed by atoms with Crippen molar-refractivity contribution in [1.29, 1.82) is 0 Å². The summed E-state index contributed by atoms with van der Waals surface area (Å²) in [5.74, 6) is 0. The SMILES string of the molecule is C=CCN(CC=C)Sc1ccc([N+](=O)[O-])cc1C(Cl)(Cl)Cl. The zero-order valence-corrected chi connectivity index (χ0v) is 14.1. The third kappa shape index (κ3) is 5.52. The molecule has 0 amide bonds. The molecular formula is C13H13Cl3N2O2S. The molecule has 1 aromatic rings. The van der Waals surface area contributed by atoms with Crippen molar-refractivity contribution >= 4 is 52.4 Å². The summed E-state index contributed by atoms with van der Waals surface area (Å²) < 4.78 is 0.184. The van der Waals surface area contributed by atoms with Crippen LogP contribution in [-0.4, -0.2) is 22.3 Å². The number of rotatable bonds is 7. The molecule has 21 heavy (non-hydrogen) atoms. The minimum absolute atomic E-state index is 0.125. The average molecular weight is 368 g/mol. The lowest BCUT2D eigenvalue weighted by Gasteiger charge is -2.21. The Morgan fingerprint density at radius 3 is 2.29 bits per heavy atom. The molecular weight excluding hydrogens is 355 g/mol. The summed E-state index contributed by atoms with van der Waals surface area (Å²) in [6, 6.07) is 4.22. The zero-order chi connectivity index (χ0) is 16.0. The molecule has 0 aliphatic carbocycles. The molecule has 0 unspecified atom stereocenters. The van der Waals surface area contributed by atoms with Crippen LogP contribution in [0.5, 0.6) is 0 Å². The lowest BCUT2D eigenvalue weighted by Crippen LogP contribution is -2.16. The van der Waals surface area contributed by atoms with Crippen molar-refractivity contribution in [2.45, 2.75) is 8.69 Å². The van der Waals surface area contributed by atoms with E-state index in [-0.39, 0.29) is 11.3 Å². The number of nitrogens with zero attached hydrogens (tertiary/aromatic N) is 2. The Bertz CT molecular complexity index is 537. The second-order valence-electron chi connectivity index (χ2n) is 3.95. The Labute approximate surface area is 142 Å². The molecule has 1 rings (SSSR count). The largest absolute Gasteiger partial charge is 0.269 e. The van der Waals surface area contributed by atoms with Gasteiger partial charge < -0.3 is 0 Å². The summed E-state index contributed by atoms with van der Waals surface area (Å²) in [6.45, 7) is 8.53. The number of hydrogen-bond donors (Lipinski definition) is 0. The maximum Gasteiger partial charge on any atom is 0.269 e. The number of non-ortho nitro benzene ring substituents is 1. The third-order valence-electron chi connectivity index (χ3n) is 2.37. The topological polar surface area (TPSA) is 46.4 Å². The summed E-state index contributed by atoms with van der Waals surface area (Å²) in [4.78, 5) is 11.0. The number of halogens is 3. The summed E-state index contributed by atoms with van der Waals surface area (Å²) in [5, 5.41) is 10.9. The molecule has 0 bridgehead atoms. The van der Waals surface area contributed by atoms with Gasteiger partial charge in [0.2, 0.25) is 3.79 Å². The van der Waals surface area contributed by atoms with E-state index in [4.69, 9.17) is 34.8 Å². The fourth-order valence-electron chi connectivity index (χ4n) is 1.51. The Hall–Kier alpha value is -0.720. The molecule has 0 aromatic heterocycles. The van der Waals surface area contributed by atoms with Crippen LogP contribution in [-0.2, 0) is 3.79 Å². The van der Waals surface area contributed by atoms with E-state index in [2.05, 4.69) is 13.2 Å². The number of nitro benzene ring substituents is 1. The Morgan fingerprint density at radius 1 is 1.29 bits per heavy atom. The van der Waals surface area contributed by atoms with Crippen molar-refractivity contribution in [3.05, 3.63) is 59.2 Å². The van der Waals surface area contributed by atoms with Gasteiger partial charge in [0.15, 0.2) is 0 Å². The standard InChI is InChI=1S/C13H13Cl3N2O2S/c1-3-7-17(8-4-2)21-12-6-5-10(18(19)20)9-11(12)13(14,15)16/h3-6,9H,1-2,7-8H2. The van der Waals surface area contributed by atoms with Gasteiger partial charge in [-0.05, 0) is 18.0 Å². The molecule has 1 aromatic carbocycles. The van der Waals surface area contributed by atoms with Crippen LogP contribution in [0.3, 0.4) is 0 Å². The minimum Gasteiger partial charge on any atom is -0.258 e. The highest BCUT2D eigenvalue weighted by Crippen LogP contribution is 2.44. The van der Waals surface area contributed by atoms with Crippen molar-refractivity contribution in [3.63, 3.8) is 0 Å². The predicted molar refractivity (Wildman–Crippen MR) is 90.2 cm³/mol. The van der Waals surface area contributed by atoms with Gasteiger partial charge >= 0.3 is 0 Å². The van der Waals surface area contributed by atoms with Crippen LogP contribution in [0, 0.1) is 10.1 Å². The molecule has 4 nitrogen and oxygen atoms in total. The van der Waals surface area contributed by atoms with Crippen LogP contribution in [0.1, 0.15) is 5.56 Å². The van der Waals surface area contributed by atoms with Gasteiger partial charge in [-0.2, -0.15) is 0 Å². The molecule has 0 saturated carbocycles. The van der Waals surface area contributed by atoms with Gasteiger partial charge in [0.1, 0.15) is 0 Å². The highest BCUT2D eigenvalue weighted by Gasteiger charge is 2.29. The van der Waals surface area contributed by atoms with Crippen LogP contribution in [0.4, 0.5) is 5.69 Å². The first-order chi connectivity index (χ1) is 9.79. The van der Waals surface area contributed by atoms with Gasteiger partial charge in [0, 0.05) is 35.7 Å². The highest BCUT2D eigenvalue weighted by molar-refractivity contribution is 7.97. The summed E-state index contributed by atoms with van der Waals surface area (Å²) in [7, 11) is 0. The quantitative estimate of drug-likeness (QED) is 0.221. The fraction of sp³-hybridized carbons (Fsp3) is 0.231. The summed E-state index contributed by atoms with van der Waals surface area (Å²) in [6.07, 6.45) is 3.47. The van der Waals surface area contributed by atoms with Gasteiger partial charge in [0.25, 0.3) is 5.69 Å². The third-order valence-corrected chi connectivity index (χ3v) is 4.09. The van der Waals surface area contributed by atoms with Crippen molar-refractivity contribution in [2.75, 3.05) is 13.1 Å². The van der Waals surface area contributed by atoms with Crippen molar-refractivity contribution in [1.82, 2.24) is 4.31 Å². The number of benzene rings is 1. The highest BCUT2D eigenvalue weighted by atomic mass is 35.6. The van der Waals surface area contributed by atoms with Crippen LogP contribution in [0.25, 0.3) is 0 Å². The van der Waals surface area contributed by atoms with Crippen LogP contribution < -0.4 is 0 Å². The first-order valence-corrected chi connectivity index (χ1v) is 7.70. The van der Waals surface area contributed by atoms with Gasteiger partial charge in [-0.1, -0.05) is 47.0 Å². The smallest absolute Gasteiger partial charge is 0.258 e. The molecule has 0 spiro atoms. The van der Waals surface area contributed by atoms with E-state index in [1.807, 2.05) is 4.31 Å². The molecule has 0 heterocycles. The Morgan fingerprint density at radius 2 is 1.86 bits per heavy atom. The maximum atomic E-state index is 10.9. The van der Waals surface area contributed by atoms with Crippen LogP contribution in [0.2, 0.25) is 0 Å². The summed E-state index contributed by atoms with van der Waals surface area (Å²) >= 11 is 19.1. The fourth-order valence-corrected chi connectivity index (χ4v) is 3.22. The monoisotopic (exact) mass is 366 g/mol. The van der Waals surface area contributed by atoms with Crippen molar-refractivity contribution in [2.24, 2.45) is 0 Å². The van der Waals surface area contributed by atoms with Gasteiger partial charge in [-0.15, -0.1) is 13.2 Å². The molecule has 8 heteroatoms. The Kier molecular flexibility index (Phi) is 7.03. The van der Waals surface area contributed by atoms with E-state index in [1.54, 1.807) is 18.2 Å². The van der Waals surface area contributed by atoms with E-state index in [0.29, 0.717) is 18.0 Å². The lowest BCUT2D eigenvalue weighted by atomic mass is 10.2. The van der Waals surface area contributed by atoms with Gasteiger partial charge in [-0.3, -0.25) is 10.1 Å². The molecule has 0 aliphatic heterocycles. The Balaban J connectivity index is 3.18. The zero-order valence-electron chi connectivity index (χ0n) is 11.0. The minimum atomic E-state index is -1.75. The predicted octanol–water partition coefficient (Wildman–Crippen LogP) is 5.10. The molecule has 114 valence electrons. The van der Waals surface area contributed by atoms with E-state index in [9.17, 15) is 10.1 Å². The first kappa shape index (κ1) is 18.3. The molecule has 0 N–H and O–H groups in total. The van der Waals surface area contributed by atoms with Crippen LogP contribution in [0.15, 0.2) is 48.4 Å². The molecule has 0 saturated heterocycles. The summed E-state index contributed by atoms with van der Waals surface area (Å²) in [5.41, 5.74) is 0.143. The van der Waals surface area contributed by atoms with E-state index in [1.165, 1.54) is 24.1 Å². The second-order valence-corrected chi connectivity index (χ2v) is 7.37. The second kappa shape index (κ2) is 8.06. The molecule has 0 fully saturated rings. The van der Waals surface area contributed by atoms with E-state index in [0.717, 1.165) is 0 Å².